The van der Waals surface area contributed by atoms with Gasteiger partial charge in [0.25, 0.3) is 0 Å². The summed E-state index contributed by atoms with van der Waals surface area (Å²) in [6.45, 7) is 5.90. The van der Waals surface area contributed by atoms with Crippen molar-refractivity contribution in [1.29, 1.82) is 0 Å². The molecule has 0 radical (unpaired) electrons. The largest absolute Gasteiger partial charge is 0.486 e. The molecule has 0 bridgehead atoms. The van der Waals surface area contributed by atoms with Crippen LogP contribution in [0.3, 0.4) is 0 Å². The fourth-order valence-electron chi connectivity index (χ4n) is 2.56. The molecule has 0 saturated carbocycles. The van der Waals surface area contributed by atoms with Crippen LogP contribution in [0.4, 0.5) is 5.69 Å². The zero-order valence-electron chi connectivity index (χ0n) is 10.3. The molecular formula is C14H19NO2. The lowest BCUT2D eigenvalue weighted by Gasteiger charge is -2.34. The normalized spacial score (nSPS) is 20.4. The molecule has 3 rings (SSSR count). The SMILES string of the molecule is CC1CCN(c2cccc3c2OCCO3)CC1. The van der Waals surface area contributed by atoms with E-state index in [1.165, 1.54) is 18.5 Å². The number of benzene rings is 1. The molecule has 1 saturated heterocycles. The second-order valence-electron chi connectivity index (χ2n) is 4.97. The fraction of sp³-hybridized carbons (Fsp3) is 0.571. The number of fused-ring (bicyclic) bond motifs is 1. The van der Waals surface area contributed by atoms with Crippen molar-refractivity contribution >= 4 is 5.69 Å². The third-order valence-electron chi connectivity index (χ3n) is 3.67. The molecule has 92 valence electrons. The van der Waals surface area contributed by atoms with Crippen molar-refractivity contribution in [3.63, 3.8) is 0 Å². The lowest BCUT2D eigenvalue weighted by molar-refractivity contribution is 0.172. The first-order valence-electron chi connectivity index (χ1n) is 6.48. The summed E-state index contributed by atoms with van der Waals surface area (Å²) in [6.07, 6.45) is 2.54. The molecule has 0 aliphatic carbocycles. The summed E-state index contributed by atoms with van der Waals surface area (Å²) < 4.78 is 11.4. The van der Waals surface area contributed by atoms with E-state index >= 15 is 0 Å². The second-order valence-corrected chi connectivity index (χ2v) is 4.97. The van der Waals surface area contributed by atoms with Gasteiger partial charge >= 0.3 is 0 Å². The number of ether oxygens (including phenoxy) is 2. The topological polar surface area (TPSA) is 21.7 Å². The van der Waals surface area contributed by atoms with Gasteiger partial charge in [-0.05, 0) is 30.9 Å². The Kier molecular flexibility index (Phi) is 2.83. The predicted octanol–water partition coefficient (Wildman–Crippen LogP) is 2.69. The molecule has 0 atom stereocenters. The van der Waals surface area contributed by atoms with E-state index in [0.717, 1.165) is 30.5 Å². The zero-order valence-corrected chi connectivity index (χ0v) is 10.3. The maximum absolute atomic E-state index is 5.77. The Morgan fingerprint density at radius 3 is 2.71 bits per heavy atom. The highest BCUT2D eigenvalue weighted by atomic mass is 16.6. The standard InChI is InChI=1S/C14H19NO2/c1-11-5-7-15(8-6-11)12-3-2-4-13-14(12)17-10-9-16-13/h2-4,11H,5-10H2,1H3. The van der Waals surface area contributed by atoms with Crippen molar-refractivity contribution in [3.8, 4) is 11.5 Å². The van der Waals surface area contributed by atoms with Crippen LogP contribution in [-0.2, 0) is 0 Å². The summed E-state index contributed by atoms with van der Waals surface area (Å²) in [4.78, 5) is 2.42. The van der Waals surface area contributed by atoms with Crippen LogP contribution in [0.5, 0.6) is 11.5 Å². The smallest absolute Gasteiger partial charge is 0.184 e. The minimum Gasteiger partial charge on any atom is -0.486 e. The number of rotatable bonds is 1. The molecule has 0 amide bonds. The van der Waals surface area contributed by atoms with Crippen molar-refractivity contribution in [3.05, 3.63) is 18.2 Å². The second kappa shape index (κ2) is 4.47. The maximum atomic E-state index is 5.77. The first-order chi connectivity index (χ1) is 8.34. The van der Waals surface area contributed by atoms with Gasteiger partial charge in [0.15, 0.2) is 11.5 Å². The highest BCUT2D eigenvalue weighted by molar-refractivity contribution is 5.65. The molecule has 2 aliphatic heterocycles. The monoisotopic (exact) mass is 233 g/mol. The van der Waals surface area contributed by atoms with E-state index in [1.54, 1.807) is 0 Å². The number of nitrogens with zero attached hydrogens (tertiary/aromatic N) is 1. The summed E-state index contributed by atoms with van der Waals surface area (Å²) in [5, 5.41) is 0. The molecule has 0 spiro atoms. The van der Waals surface area contributed by atoms with Crippen molar-refractivity contribution in [2.45, 2.75) is 19.8 Å². The van der Waals surface area contributed by atoms with E-state index in [9.17, 15) is 0 Å². The molecule has 3 nitrogen and oxygen atoms in total. The van der Waals surface area contributed by atoms with E-state index < -0.39 is 0 Å². The summed E-state index contributed by atoms with van der Waals surface area (Å²) in [7, 11) is 0. The van der Waals surface area contributed by atoms with Crippen LogP contribution in [0.1, 0.15) is 19.8 Å². The van der Waals surface area contributed by atoms with E-state index in [0.29, 0.717) is 13.2 Å². The van der Waals surface area contributed by atoms with Gasteiger partial charge in [0.05, 0.1) is 5.69 Å². The van der Waals surface area contributed by atoms with Crippen LogP contribution in [-0.4, -0.2) is 26.3 Å². The summed E-state index contributed by atoms with van der Waals surface area (Å²) in [5.41, 5.74) is 1.20. The number of piperidine rings is 1. The number of anilines is 1. The predicted molar refractivity (Wildman–Crippen MR) is 68.0 cm³/mol. The molecule has 1 aromatic rings. The van der Waals surface area contributed by atoms with Crippen LogP contribution in [0, 0.1) is 5.92 Å². The third kappa shape index (κ3) is 2.06. The number of hydrogen-bond acceptors (Lipinski definition) is 3. The van der Waals surface area contributed by atoms with Gasteiger partial charge in [0.1, 0.15) is 13.2 Å². The molecule has 1 fully saturated rings. The Morgan fingerprint density at radius 1 is 1.12 bits per heavy atom. The van der Waals surface area contributed by atoms with Gasteiger partial charge in [-0.15, -0.1) is 0 Å². The van der Waals surface area contributed by atoms with Gasteiger partial charge in [0, 0.05) is 13.1 Å². The van der Waals surface area contributed by atoms with E-state index in [4.69, 9.17) is 9.47 Å². The first-order valence-corrected chi connectivity index (χ1v) is 6.48. The van der Waals surface area contributed by atoms with Crippen molar-refractivity contribution in [1.82, 2.24) is 0 Å². The van der Waals surface area contributed by atoms with Gasteiger partial charge in [0.2, 0.25) is 0 Å². The summed E-state index contributed by atoms with van der Waals surface area (Å²) in [5.74, 6) is 2.68. The van der Waals surface area contributed by atoms with Gasteiger partial charge in [-0.1, -0.05) is 13.0 Å². The maximum Gasteiger partial charge on any atom is 0.184 e. The Labute approximate surface area is 102 Å². The van der Waals surface area contributed by atoms with E-state index in [1.807, 2.05) is 6.07 Å². The average Bonchev–Trinajstić information content (AvgIpc) is 2.39. The Balaban J connectivity index is 1.87. The molecule has 0 unspecified atom stereocenters. The first kappa shape index (κ1) is 10.8. The minimum absolute atomic E-state index is 0.660. The van der Waals surface area contributed by atoms with E-state index in [-0.39, 0.29) is 0 Å². The Hall–Kier alpha value is -1.38. The molecule has 2 heterocycles. The van der Waals surface area contributed by atoms with Gasteiger partial charge in [-0.25, -0.2) is 0 Å². The third-order valence-corrected chi connectivity index (χ3v) is 3.67. The lowest BCUT2D eigenvalue weighted by Crippen LogP contribution is -2.33. The van der Waals surface area contributed by atoms with Gasteiger partial charge in [-0.3, -0.25) is 0 Å². The molecular weight excluding hydrogens is 214 g/mol. The number of para-hydroxylation sites is 1. The minimum atomic E-state index is 0.660. The fourth-order valence-corrected chi connectivity index (χ4v) is 2.56. The molecule has 0 aromatic heterocycles. The van der Waals surface area contributed by atoms with Crippen LogP contribution in [0.2, 0.25) is 0 Å². The Morgan fingerprint density at radius 2 is 1.88 bits per heavy atom. The van der Waals surface area contributed by atoms with Gasteiger partial charge < -0.3 is 14.4 Å². The quantitative estimate of drug-likeness (QED) is 0.744. The Bertz CT molecular complexity index is 397. The molecule has 3 heteroatoms. The van der Waals surface area contributed by atoms with Crippen LogP contribution >= 0.6 is 0 Å². The van der Waals surface area contributed by atoms with Crippen LogP contribution in [0.25, 0.3) is 0 Å². The highest BCUT2D eigenvalue weighted by Gasteiger charge is 2.22. The average molecular weight is 233 g/mol. The zero-order chi connectivity index (χ0) is 11.7. The summed E-state index contributed by atoms with van der Waals surface area (Å²) >= 11 is 0. The molecule has 0 N–H and O–H groups in total. The van der Waals surface area contributed by atoms with Gasteiger partial charge in [-0.2, -0.15) is 0 Å². The van der Waals surface area contributed by atoms with Crippen molar-refractivity contribution < 1.29 is 9.47 Å². The van der Waals surface area contributed by atoms with Crippen LogP contribution in [0.15, 0.2) is 18.2 Å². The molecule has 17 heavy (non-hydrogen) atoms. The molecule has 2 aliphatic rings. The van der Waals surface area contributed by atoms with Crippen molar-refractivity contribution in [2.24, 2.45) is 5.92 Å². The highest BCUT2D eigenvalue weighted by Crippen LogP contribution is 2.40. The molecule has 1 aromatic carbocycles. The van der Waals surface area contributed by atoms with E-state index in [2.05, 4.69) is 24.0 Å². The van der Waals surface area contributed by atoms with Crippen molar-refractivity contribution in [2.75, 3.05) is 31.2 Å². The lowest BCUT2D eigenvalue weighted by atomic mass is 9.98. The summed E-state index contributed by atoms with van der Waals surface area (Å²) in [6, 6.07) is 6.19. The number of hydrogen-bond donors (Lipinski definition) is 0. The van der Waals surface area contributed by atoms with Crippen LogP contribution < -0.4 is 14.4 Å².